The smallest absolute Gasteiger partial charge is 0.274 e. The van der Waals surface area contributed by atoms with Gasteiger partial charge in [-0.1, -0.05) is 18.2 Å². The van der Waals surface area contributed by atoms with Crippen molar-refractivity contribution in [2.75, 3.05) is 5.43 Å². The number of para-hydroxylation sites is 1. The van der Waals surface area contributed by atoms with Crippen molar-refractivity contribution >= 4 is 11.9 Å². The highest BCUT2D eigenvalue weighted by Crippen LogP contribution is 2.27. The van der Waals surface area contributed by atoms with Gasteiger partial charge in [-0.05, 0) is 19.1 Å². The first-order valence-corrected chi connectivity index (χ1v) is 7.90. The van der Waals surface area contributed by atoms with Crippen molar-refractivity contribution in [2.45, 2.75) is 6.92 Å². The maximum Gasteiger partial charge on any atom is 0.274 e. The van der Waals surface area contributed by atoms with Gasteiger partial charge >= 0.3 is 0 Å². The molecule has 0 saturated carbocycles. The van der Waals surface area contributed by atoms with Crippen molar-refractivity contribution in [1.82, 2.24) is 9.36 Å². The fraction of sp³-hybridized carbons (Fsp3) is 0.111. The van der Waals surface area contributed by atoms with Crippen LogP contribution in [-0.2, 0) is 7.05 Å². The van der Waals surface area contributed by atoms with Gasteiger partial charge in [0.2, 0.25) is 5.82 Å². The highest BCUT2D eigenvalue weighted by molar-refractivity contribution is 5.80. The number of aromatic nitrogens is 2. The standard InChI is InChI=1S/C18H13F5N4O/c1-9-11(26(2)27(18(9)28)10-6-4-3-5-7-10)8-24-25-17-15(22)13(20)12(19)14(21)16(17)23/h3-8,25H,1-2H3/b24-8-. The number of hydrazone groups is 1. The van der Waals surface area contributed by atoms with E-state index in [0.717, 1.165) is 6.21 Å². The van der Waals surface area contributed by atoms with E-state index in [9.17, 15) is 26.7 Å². The maximum atomic E-state index is 13.7. The monoisotopic (exact) mass is 396 g/mol. The number of hydrogen-bond acceptors (Lipinski definition) is 3. The number of hydrogen-bond donors (Lipinski definition) is 1. The second-order valence-corrected chi connectivity index (χ2v) is 5.80. The topological polar surface area (TPSA) is 51.3 Å². The van der Waals surface area contributed by atoms with Crippen LogP contribution in [0.4, 0.5) is 27.6 Å². The Morgan fingerprint density at radius 3 is 2.04 bits per heavy atom. The van der Waals surface area contributed by atoms with Crippen molar-refractivity contribution in [3.05, 3.63) is 81.0 Å². The van der Waals surface area contributed by atoms with Gasteiger partial charge in [-0.25, -0.2) is 26.6 Å². The van der Waals surface area contributed by atoms with E-state index in [1.165, 1.54) is 16.3 Å². The molecule has 0 bridgehead atoms. The van der Waals surface area contributed by atoms with Gasteiger partial charge < -0.3 is 0 Å². The number of nitrogens with zero attached hydrogens (tertiary/aromatic N) is 3. The van der Waals surface area contributed by atoms with E-state index in [-0.39, 0.29) is 16.8 Å². The van der Waals surface area contributed by atoms with Crippen LogP contribution >= 0.6 is 0 Å². The summed E-state index contributed by atoms with van der Waals surface area (Å²) in [5, 5.41) is 3.53. The molecule has 0 fully saturated rings. The quantitative estimate of drug-likeness (QED) is 0.241. The van der Waals surface area contributed by atoms with Crippen LogP contribution in [0, 0.1) is 36.0 Å². The Morgan fingerprint density at radius 1 is 0.929 bits per heavy atom. The van der Waals surface area contributed by atoms with Gasteiger partial charge in [-0.3, -0.25) is 14.9 Å². The fourth-order valence-corrected chi connectivity index (χ4v) is 2.66. The number of benzene rings is 2. The molecule has 0 amide bonds. The zero-order valence-corrected chi connectivity index (χ0v) is 14.6. The molecule has 0 unspecified atom stereocenters. The second kappa shape index (κ2) is 7.29. The van der Waals surface area contributed by atoms with Crippen LogP contribution in [0.2, 0.25) is 0 Å². The number of halogens is 5. The van der Waals surface area contributed by atoms with Gasteiger partial charge in [0.05, 0.1) is 17.6 Å². The molecular weight excluding hydrogens is 383 g/mol. The van der Waals surface area contributed by atoms with Crippen LogP contribution in [0.1, 0.15) is 11.3 Å². The van der Waals surface area contributed by atoms with E-state index in [1.807, 2.05) is 5.43 Å². The first-order valence-electron chi connectivity index (χ1n) is 7.90. The normalized spacial score (nSPS) is 11.4. The summed E-state index contributed by atoms with van der Waals surface area (Å²) in [5.74, 6) is -10.5. The lowest BCUT2D eigenvalue weighted by atomic mass is 10.2. The Kier molecular flexibility index (Phi) is 5.04. The van der Waals surface area contributed by atoms with Crippen molar-refractivity contribution in [1.29, 1.82) is 0 Å². The summed E-state index contributed by atoms with van der Waals surface area (Å²) in [7, 11) is 1.56. The van der Waals surface area contributed by atoms with Crippen LogP contribution in [0.25, 0.3) is 5.69 Å². The lowest BCUT2D eigenvalue weighted by molar-refractivity contribution is 0.381. The van der Waals surface area contributed by atoms with Crippen LogP contribution in [0.3, 0.4) is 0 Å². The molecule has 2 aromatic carbocycles. The first kappa shape index (κ1) is 19.3. The summed E-state index contributed by atoms with van der Waals surface area (Å²) in [4.78, 5) is 12.5. The molecule has 5 nitrogen and oxygen atoms in total. The van der Waals surface area contributed by atoms with E-state index >= 15 is 0 Å². The second-order valence-electron chi connectivity index (χ2n) is 5.80. The Balaban J connectivity index is 1.99. The Morgan fingerprint density at radius 2 is 1.46 bits per heavy atom. The lowest BCUT2D eigenvalue weighted by Crippen LogP contribution is -2.20. The third kappa shape index (κ3) is 3.06. The molecule has 0 aliphatic carbocycles. The van der Waals surface area contributed by atoms with Crippen LogP contribution in [0.15, 0.2) is 40.2 Å². The molecule has 0 aliphatic rings. The van der Waals surface area contributed by atoms with Gasteiger partial charge in [-0.2, -0.15) is 5.10 Å². The molecule has 1 N–H and O–H groups in total. The van der Waals surface area contributed by atoms with Gasteiger partial charge in [0.1, 0.15) is 5.69 Å². The maximum absolute atomic E-state index is 13.7. The number of rotatable bonds is 4. The molecule has 28 heavy (non-hydrogen) atoms. The molecule has 146 valence electrons. The summed E-state index contributed by atoms with van der Waals surface area (Å²) in [6, 6.07) is 8.66. The van der Waals surface area contributed by atoms with Crippen LogP contribution < -0.4 is 11.0 Å². The summed E-state index contributed by atoms with van der Waals surface area (Å²) >= 11 is 0. The zero-order chi connectivity index (χ0) is 20.6. The number of anilines is 1. The zero-order valence-electron chi connectivity index (χ0n) is 14.6. The molecule has 3 aromatic rings. The summed E-state index contributed by atoms with van der Waals surface area (Å²) in [6.07, 6.45) is 1.05. The predicted octanol–water partition coefficient (Wildman–Crippen LogP) is 3.63. The van der Waals surface area contributed by atoms with E-state index in [4.69, 9.17) is 0 Å². The molecule has 1 aromatic heterocycles. The van der Waals surface area contributed by atoms with Crippen molar-refractivity contribution < 1.29 is 22.0 Å². The van der Waals surface area contributed by atoms with Crippen molar-refractivity contribution in [3.63, 3.8) is 0 Å². The van der Waals surface area contributed by atoms with Crippen LogP contribution in [-0.4, -0.2) is 15.6 Å². The van der Waals surface area contributed by atoms with Gasteiger partial charge in [0.15, 0.2) is 23.3 Å². The molecule has 10 heteroatoms. The minimum atomic E-state index is -2.26. The van der Waals surface area contributed by atoms with Crippen molar-refractivity contribution in [3.8, 4) is 5.69 Å². The first-order chi connectivity index (χ1) is 13.3. The molecular formula is C18H13F5N4O. The Bertz CT molecular complexity index is 1110. The molecule has 0 saturated heterocycles. The van der Waals surface area contributed by atoms with E-state index in [0.29, 0.717) is 5.69 Å². The largest absolute Gasteiger partial charge is 0.279 e. The van der Waals surface area contributed by atoms with E-state index in [1.54, 1.807) is 37.4 Å². The molecule has 0 aliphatic heterocycles. The van der Waals surface area contributed by atoms with Crippen LogP contribution in [0.5, 0.6) is 0 Å². The highest BCUT2D eigenvalue weighted by Gasteiger charge is 2.25. The van der Waals surface area contributed by atoms with Crippen molar-refractivity contribution in [2.24, 2.45) is 12.1 Å². The SMILES string of the molecule is Cc1c(/C=N\Nc2c(F)c(F)c(F)c(F)c2F)n(C)n(-c2ccccc2)c1=O. The third-order valence-corrected chi connectivity index (χ3v) is 4.12. The van der Waals surface area contributed by atoms with Gasteiger partial charge in [0.25, 0.3) is 5.56 Å². The molecule has 3 rings (SSSR count). The summed E-state index contributed by atoms with van der Waals surface area (Å²) < 4.78 is 69.6. The minimum absolute atomic E-state index is 0.269. The van der Waals surface area contributed by atoms with E-state index in [2.05, 4.69) is 5.10 Å². The lowest BCUT2D eigenvalue weighted by Gasteiger charge is -2.09. The van der Waals surface area contributed by atoms with E-state index < -0.39 is 34.8 Å². The van der Waals surface area contributed by atoms with Gasteiger partial charge in [-0.15, -0.1) is 0 Å². The molecule has 0 radical (unpaired) electrons. The summed E-state index contributed by atoms with van der Waals surface area (Å²) in [6.45, 7) is 1.52. The Hall–Kier alpha value is -3.43. The Labute approximate surface area is 155 Å². The number of nitrogens with one attached hydrogen (secondary N) is 1. The average Bonchev–Trinajstić information content (AvgIpc) is 2.91. The third-order valence-electron chi connectivity index (χ3n) is 4.12. The highest BCUT2D eigenvalue weighted by atomic mass is 19.2. The predicted molar refractivity (Wildman–Crippen MR) is 93.2 cm³/mol. The molecule has 0 atom stereocenters. The van der Waals surface area contributed by atoms with Gasteiger partial charge in [0, 0.05) is 12.6 Å². The molecule has 1 heterocycles. The minimum Gasteiger partial charge on any atom is -0.279 e. The summed E-state index contributed by atoms with van der Waals surface area (Å²) in [5.41, 5.74) is 1.28. The average molecular weight is 396 g/mol. The fourth-order valence-electron chi connectivity index (χ4n) is 2.66. The molecule has 0 spiro atoms.